The Morgan fingerprint density at radius 2 is 1.62 bits per heavy atom. The van der Waals surface area contributed by atoms with Gasteiger partial charge in [-0.15, -0.1) is 0 Å². The van der Waals surface area contributed by atoms with E-state index in [-0.39, 0.29) is 11.1 Å². The van der Waals surface area contributed by atoms with Crippen molar-refractivity contribution in [2.45, 2.75) is 65.2 Å². The number of rotatable bonds is 11. The molecule has 0 unspecified atom stereocenters. The highest BCUT2D eigenvalue weighted by molar-refractivity contribution is 6.32. The number of halogens is 1. The van der Waals surface area contributed by atoms with E-state index in [9.17, 15) is 4.79 Å². The number of amides is 1. The van der Waals surface area contributed by atoms with Gasteiger partial charge in [0, 0.05) is 13.1 Å². The summed E-state index contributed by atoms with van der Waals surface area (Å²) in [5, 5.41) is 0.201. The van der Waals surface area contributed by atoms with Gasteiger partial charge in [-0.3, -0.25) is 4.79 Å². The zero-order valence-corrected chi connectivity index (χ0v) is 14.1. The summed E-state index contributed by atoms with van der Waals surface area (Å²) in [5.41, 5.74) is 0.489. The van der Waals surface area contributed by atoms with E-state index >= 15 is 0 Å². The minimum Gasteiger partial charge on any atom is -0.452 e. The van der Waals surface area contributed by atoms with Crippen LogP contribution in [0.1, 0.15) is 75.6 Å². The minimum absolute atomic E-state index is 0.00162. The van der Waals surface area contributed by atoms with Gasteiger partial charge in [0.05, 0.1) is 11.8 Å². The lowest BCUT2D eigenvalue weighted by Crippen LogP contribution is -2.33. The fourth-order valence-electron chi connectivity index (χ4n) is 2.39. The van der Waals surface area contributed by atoms with Crippen LogP contribution in [0.15, 0.2) is 16.7 Å². The van der Waals surface area contributed by atoms with Crippen LogP contribution in [0.5, 0.6) is 0 Å². The predicted molar refractivity (Wildman–Crippen MR) is 87.9 cm³/mol. The van der Waals surface area contributed by atoms with Crippen LogP contribution in [-0.2, 0) is 0 Å². The number of unbranched alkanes of at least 4 members (excludes halogenated alkanes) is 6. The van der Waals surface area contributed by atoms with Gasteiger partial charge >= 0.3 is 0 Å². The smallest absolute Gasteiger partial charge is 0.258 e. The lowest BCUT2D eigenvalue weighted by atomic mass is 10.1. The zero-order chi connectivity index (χ0) is 15.5. The number of hydrogen-bond donors (Lipinski definition) is 0. The van der Waals surface area contributed by atoms with Crippen LogP contribution in [0.25, 0.3) is 0 Å². The molecule has 3 nitrogen and oxygen atoms in total. The third-order valence-electron chi connectivity index (χ3n) is 3.70. The van der Waals surface area contributed by atoms with Gasteiger partial charge in [0.1, 0.15) is 0 Å². The normalized spacial score (nSPS) is 10.8. The van der Waals surface area contributed by atoms with E-state index in [2.05, 4.69) is 13.8 Å². The van der Waals surface area contributed by atoms with Crippen molar-refractivity contribution in [3.05, 3.63) is 23.1 Å². The quantitative estimate of drug-likeness (QED) is 0.503. The molecule has 0 aliphatic heterocycles. The van der Waals surface area contributed by atoms with E-state index in [1.54, 1.807) is 6.07 Å². The SMILES string of the molecule is CCCCCCN(CCCCCC)C(=O)c1ccoc1Cl. The third-order valence-corrected chi connectivity index (χ3v) is 3.99. The molecule has 1 amide bonds. The fraction of sp³-hybridized carbons (Fsp3) is 0.706. The molecule has 0 aliphatic carbocycles. The van der Waals surface area contributed by atoms with E-state index < -0.39 is 0 Å². The van der Waals surface area contributed by atoms with E-state index in [0.29, 0.717) is 5.56 Å². The van der Waals surface area contributed by atoms with Gasteiger partial charge in [0.25, 0.3) is 5.91 Å². The standard InChI is InChI=1S/C17H28ClNO2/c1-3-5-7-9-12-19(13-10-8-6-4-2)17(20)15-11-14-21-16(15)18/h11,14H,3-10,12-13H2,1-2H3. The molecule has 0 aromatic carbocycles. The first-order valence-electron chi connectivity index (χ1n) is 8.23. The lowest BCUT2D eigenvalue weighted by Gasteiger charge is -2.22. The highest BCUT2D eigenvalue weighted by Gasteiger charge is 2.19. The zero-order valence-electron chi connectivity index (χ0n) is 13.4. The van der Waals surface area contributed by atoms with Crippen molar-refractivity contribution in [2.24, 2.45) is 0 Å². The van der Waals surface area contributed by atoms with Crippen LogP contribution >= 0.6 is 11.6 Å². The molecule has 0 N–H and O–H groups in total. The minimum atomic E-state index is 0.00162. The maximum absolute atomic E-state index is 12.5. The molecule has 4 heteroatoms. The number of hydrogen-bond acceptors (Lipinski definition) is 2. The molecule has 0 atom stereocenters. The summed E-state index contributed by atoms with van der Waals surface area (Å²) in [6, 6.07) is 1.66. The van der Waals surface area contributed by atoms with E-state index in [1.807, 2.05) is 4.90 Å². The van der Waals surface area contributed by atoms with Crippen molar-refractivity contribution < 1.29 is 9.21 Å². The maximum Gasteiger partial charge on any atom is 0.258 e. The van der Waals surface area contributed by atoms with Crippen molar-refractivity contribution in [3.63, 3.8) is 0 Å². The van der Waals surface area contributed by atoms with Crippen LogP contribution < -0.4 is 0 Å². The first kappa shape index (κ1) is 18.1. The van der Waals surface area contributed by atoms with Crippen LogP contribution in [0.4, 0.5) is 0 Å². The fourth-order valence-corrected chi connectivity index (χ4v) is 2.59. The Morgan fingerprint density at radius 1 is 1.05 bits per heavy atom. The first-order valence-corrected chi connectivity index (χ1v) is 8.60. The second-order valence-electron chi connectivity index (χ2n) is 5.52. The summed E-state index contributed by atoms with van der Waals surface area (Å²) in [5.74, 6) is 0.00162. The highest BCUT2D eigenvalue weighted by Crippen LogP contribution is 2.19. The van der Waals surface area contributed by atoms with E-state index in [0.717, 1.165) is 25.9 Å². The monoisotopic (exact) mass is 313 g/mol. The molecule has 1 heterocycles. The maximum atomic E-state index is 12.5. The number of nitrogens with zero attached hydrogens (tertiary/aromatic N) is 1. The second kappa shape index (κ2) is 10.7. The van der Waals surface area contributed by atoms with Crippen LogP contribution in [0.2, 0.25) is 5.22 Å². The molecule has 21 heavy (non-hydrogen) atoms. The molecular formula is C17H28ClNO2. The van der Waals surface area contributed by atoms with Crippen LogP contribution in [0, 0.1) is 0 Å². The summed E-state index contributed by atoms with van der Waals surface area (Å²) in [7, 11) is 0. The number of carbonyl (C=O) groups is 1. The average molecular weight is 314 g/mol. The summed E-state index contributed by atoms with van der Waals surface area (Å²) >= 11 is 5.93. The Hall–Kier alpha value is -0.960. The summed E-state index contributed by atoms with van der Waals surface area (Å²) in [6.07, 6.45) is 10.8. The van der Waals surface area contributed by atoms with E-state index in [4.69, 9.17) is 16.0 Å². The second-order valence-corrected chi connectivity index (χ2v) is 5.86. The van der Waals surface area contributed by atoms with Gasteiger partial charge in [-0.05, 0) is 30.5 Å². The van der Waals surface area contributed by atoms with E-state index in [1.165, 1.54) is 44.8 Å². The Bertz CT molecular complexity index is 391. The molecule has 0 saturated carbocycles. The Labute approximate surface area is 133 Å². The first-order chi connectivity index (χ1) is 10.2. The Morgan fingerprint density at radius 3 is 2.05 bits per heavy atom. The van der Waals surface area contributed by atoms with Crippen molar-refractivity contribution in [1.82, 2.24) is 4.90 Å². The summed E-state index contributed by atoms with van der Waals surface area (Å²) in [6.45, 7) is 6.01. The molecule has 0 bridgehead atoms. The topological polar surface area (TPSA) is 33.5 Å². The van der Waals surface area contributed by atoms with Gasteiger partial charge in [0.15, 0.2) is 0 Å². The molecule has 0 saturated heterocycles. The molecule has 1 rings (SSSR count). The number of carbonyl (C=O) groups excluding carboxylic acids is 1. The Kier molecular flexibility index (Phi) is 9.24. The summed E-state index contributed by atoms with van der Waals surface area (Å²) < 4.78 is 5.04. The molecule has 1 aromatic rings. The summed E-state index contributed by atoms with van der Waals surface area (Å²) in [4.78, 5) is 14.5. The molecule has 1 aromatic heterocycles. The molecule has 0 aliphatic rings. The van der Waals surface area contributed by atoms with Gasteiger partial charge in [-0.2, -0.15) is 0 Å². The third kappa shape index (κ3) is 6.56. The van der Waals surface area contributed by atoms with Gasteiger partial charge in [-0.25, -0.2) is 0 Å². The lowest BCUT2D eigenvalue weighted by molar-refractivity contribution is 0.0749. The highest BCUT2D eigenvalue weighted by atomic mass is 35.5. The number of furan rings is 1. The Balaban J connectivity index is 2.53. The van der Waals surface area contributed by atoms with Crippen molar-refractivity contribution in [1.29, 1.82) is 0 Å². The van der Waals surface area contributed by atoms with Gasteiger partial charge in [-0.1, -0.05) is 52.4 Å². The van der Waals surface area contributed by atoms with Crippen molar-refractivity contribution in [3.8, 4) is 0 Å². The van der Waals surface area contributed by atoms with Crippen LogP contribution in [0.3, 0.4) is 0 Å². The largest absolute Gasteiger partial charge is 0.452 e. The molecular weight excluding hydrogens is 286 g/mol. The molecule has 0 spiro atoms. The van der Waals surface area contributed by atoms with Crippen LogP contribution in [-0.4, -0.2) is 23.9 Å². The molecule has 0 radical (unpaired) electrons. The predicted octanol–water partition coefficient (Wildman–Crippen LogP) is 5.54. The average Bonchev–Trinajstić information content (AvgIpc) is 2.91. The molecule has 0 fully saturated rings. The molecule has 120 valence electrons. The van der Waals surface area contributed by atoms with Gasteiger partial charge in [0.2, 0.25) is 5.22 Å². The van der Waals surface area contributed by atoms with Gasteiger partial charge < -0.3 is 9.32 Å². The van der Waals surface area contributed by atoms with Crippen molar-refractivity contribution >= 4 is 17.5 Å². The van der Waals surface area contributed by atoms with Crippen molar-refractivity contribution in [2.75, 3.05) is 13.1 Å².